The second kappa shape index (κ2) is 8.71. The molecule has 0 atom stereocenters. The van der Waals surface area contributed by atoms with Gasteiger partial charge >= 0.3 is 0 Å². The van der Waals surface area contributed by atoms with Crippen molar-refractivity contribution in [2.24, 2.45) is 10.7 Å². The number of rotatable bonds is 6. The fourth-order valence-electron chi connectivity index (χ4n) is 4.27. The molecule has 0 aliphatic carbocycles. The van der Waals surface area contributed by atoms with E-state index >= 15 is 0 Å². The van der Waals surface area contributed by atoms with Gasteiger partial charge in [-0.1, -0.05) is 24.3 Å². The summed E-state index contributed by atoms with van der Waals surface area (Å²) in [5, 5.41) is 23.8. The normalized spacial score (nSPS) is 14.9. The van der Waals surface area contributed by atoms with Crippen LogP contribution in [0, 0.1) is 18.3 Å². The van der Waals surface area contributed by atoms with E-state index in [0.717, 1.165) is 16.8 Å². The lowest BCUT2D eigenvalue weighted by atomic mass is 9.86. The fraction of sp³-hybridized carbons (Fsp3) is 0.208. The zero-order chi connectivity index (χ0) is 23.5. The summed E-state index contributed by atoms with van der Waals surface area (Å²) in [5.41, 5.74) is 10.6. The first-order chi connectivity index (χ1) is 16.6. The largest absolute Gasteiger partial charge is 0.369 e. The number of anilines is 2. The van der Waals surface area contributed by atoms with Crippen LogP contribution in [-0.2, 0) is 5.54 Å². The van der Waals surface area contributed by atoms with E-state index in [9.17, 15) is 5.26 Å². The molecule has 10 heteroatoms. The Balaban J connectivity index is 1.38. The molecule has 1 aliphatic rings. The Labute approximate surface area is 196 Å². The molecule has 10 nitrogen and oxygen atoms in total. The summed E-state index contributed by atoms with van der Waals surface area (Å²) in [6.07, 6.45) is 9.23. The number of H-pyrrole nitrogens is 1. The first-order valence-electron chi connectivity index (χ1n) is 10.9. The summed E-state index contributed by atoms with van der Waals surface area (Å²) in [7, 11) is 0. The number of hydrogen-bond donors (Lipinski definition) is 3. The van der Waals surface area contributed by atoms with E-state index in [4.69, 9.17) is 5.73 Å². The van der Waals surface area contributed by atoms with E-state index in [1.54, 1.807) is 18.6 Å². The number of nitrogens with one attached hydrogen (secondary N) is 2. The minimum absolute atomic E-state index is 0.208. The summed E-state index contributed by atoms with van der Waals surface area (Å²) in [4.78, 5) is 11.0. The standard InChI is InChI=1S/C24H24N10/c1-17-5-2-3-6-20(17)18-11-30-34(14-18)24(8-9-25)15-33(16-24)21-7-4-10-27-22(21)32-23(26)31-19-12-28-29-13-19/h2-7,10-14H,8,15-16H2,1H3,(H,28,29)(H3,26,27,31,32). The van der Waals surface area contributed by atoms with Gasteiger partial charge in [-0.25, -0.2) is 4.98 Å². The highest BCUT2D eigenvalue weighted by atomic mass is 15.4. The van der Waals surface area contributed by atoms with Gasteiger partial charge in [0.05, 0.1) is 36.3 Å². The number of benzene rings is 1. The summed E-state index contributed by atoms with van der Waals surface area (Å²) in [5.74, 6) is 0.711. The summed E-state index contributed by atoms with van der Waals surface area (Å²) < 4.78 is 1.93. The zero-order valence-corrected chi connectivity index (χ0v) is 18.7. The van der Waals surface area contributed by atoms with Gasteiger partial charge in [0, 0.05) is 37.2 Å². The van der Waals surface area contributed by atoms with Gasteiger partial charge in [0.2, 0.25) is 0 Å². The second-order valence-electron chi connectivity index (χ2n) is 8.36. The number of hydrogen-bond acceptors (Lipinski definition) is 6. The van der Waals surface area contributed by atoms with E-state index < -0.39 is 5.54 Å². The minimum Gasteiger partial charge on any atom is -0.369 e. The molecule has 0 amide bonds. The number of aryl methyl sites for hydroxylation is 1. The van der Waals surface area contributed by atoms with Crippen molar-refractivity contribution in [3.05, 3.63) is 72.9 Å². The van der Waals surface area contributed by atoms with Gasteiger partial charge in [0.1, 0.15) is 5.54 Å². The molecule has 4 N–H and O–H groups in total. The van der Waals surface area contributed by atoms with E-state index in [1.807, 2.05) is 41.3 Å². The maximum atomic E-state index is 9.57. The van der Waals surface area contributed by atoms with Crippen molar-refractivity contribution in [3.8, 4) is 17.2 Å². The number of nitriles is 1. The smallest absolute Gasteiger partial charge is 0.200 e. The van der Waals surface area contributed by atoms with Crippen LogP contribution >= 0.6 is 0 Å². The van der Waals surface area contributed by atoms with Gasteiger partial charge in [-0.2, -0.15) is 20.5 Å². The van der Waals surface area contributed by atoms with E-state index in [0.29, 0.717) is 31.0 Å². The van der Waals surface area contributed by atoms with Crippen LogP contribution in [0.3, 0.4) is 0 Å². The molecule has 1 aliphatic heterocycles. The van der Waals surface area contributed by atoms with Crippen LogP contribution in [0.2, 0.25) is 0 Å². The molecule has 1 saturated heterocycles. The molecule has 0 saturated carbocycles. The van der Waals surface area contributed by atoms with Crippen molar-refractivity contribution in [1.82, 2.24) is 25.0 Å². The molecule has 0 spiro atoms. The van der Waals surface area contributed by atoms with Crippen molar-refractivity contribution in [2.45, 2.75) is 18.9 Å². The maximum Gasteiger partial charge on any atom is 0.200 e. The van der Waals surface area contributed by atoms with Crippen LogP contribution in [0.25, 0.3) is 11.1 Å². The predicted molar refractivity (Wildman–Crippen MR) is 131 cm³/mol. The molecular weight excluding hydrogens is 428 g/mol. The van der Waals surface area contributed by atoms with Crippen molar-refractivity contribution >= 4 is 23.2 Å². The maximum absolute atomic E-state index is 9.57. The molecule has 4 heterocycles. The first-order valence-corrected chi connectivity index (χ1v) is 10.9. The first kappa shape index (κ1) is 21.2. The lowest BCUT2D eigenvalue weighted by molar-refractivity contribution is 0.198. The third kappa shape index (κ3) is 3.95. The highest BCUT2D eigenvalue weighted by Crippen LogP contribution is 2.39. The van der Waals surface area contributed by atoms with Gasteiger partial charge in [-0.15, -0.1) is 0 Å². The molecule has 170 valence electrons. The van der Waals surface area contributed by atoms with Gasteiger partial charge in [0.15, 0.2) is 11.8 Å². The van der Waals surface area contributed by atoms with Crippen molar-refractivity contribution in [3.63, 3.8) is 0 Å². The Morgan fingerprint density at radius 3 is 2.88 bits per heavy atom. The van der Waals surface area contributed by atoms with Crippen LogP contribution in [-0.4, -0.2) is 44.0 Å². The van der Waals surface area contributed by atoms with Gasteiger partial charge in [-0.05, 0) is 30.2 Å². The van der Waals surface area contributed by atoms with E-state index in [1.165, 1.54) is 5.56 Å². The third-order valence-electron chi connectivity index (χ3n) is 6.01. The number of aromatic amines is 1. The molecule has 4 aromatic rings. The summed E-state index contributed by atoms with van der Waals surface area (Å²) >= 11 is 0. The molecule has 0 unspecified atom stereocenters. The van der Waals surface area contributed by atoms with E-state index in [2.05, 4.69) is 60.6 Å². The molecule has 34 heavy (non-hydrogen) atoms. The Morgan fingerprint density at radius 1 is 1.26 bits per heavy atom. The SMILES string of the molecule is Cc1ccccc1-c1cnn(C2(CC#N)CN(c3cccnc3/N=C(\N)Nc3cn[nH]c3)C2)c1. The predicted octanol–water partition coefficient (Wildman–Crippen LogP) is 3.16. The zero-order valence-electron chi connectivity index (χ0n) is 18.7. The minimum atomic E-state index is -0.424. The Bertz CT molecular complexity index is 1360. The Hall–Kier alpha value is -4.65. The number of nitrogens with two attached hydrogens (primary N) is 1. The molecule has 3 aromatic heterocycles. The number of guanidine groups is 1. The average molecular weight is 453 g/mol. The lowest BCUT2D eigenvalue weighted by Crippen LogP contribution is -2.63. The number of nitrogens with zero attached hydrogens (tertiary/aromatic N) is 7. The highest BCUT2D eigenvalue weighted by Gasteiger charge is 2.46. The van der Waals surface area contributed by atoms with Crippen molar-refractivity contribution in [1.29, 1.82) is 5.26 Å². The van der Waals surface area contributed by atoms with Crippen LogP contribution in [0.5, 0.6) is 0 Å². The number of pyridine rings is 1. The fourth-order valence-corrected chi connectivity index (χ4v) is 4.27. The van der Waals surface area contributed by atoms with Crippen LogP contribution in [0.1, 0.15) is 12.0 Å². The molecule has 5 rings (SSSR count). The Kier molecular flexibility index (Phi) is 5.43. The van der Waals surface area contributed by atoms with Gasteiger partial charge < -0.3 is 16.0 Å². The summed E-state index contributed by atoms with van der Waals surface area (Å²) in [6, 6.07) is 14.4. The molecular formula is C24H24N10. The molecule has 0 radical (unpaired) electrons. The molecule has 0 bridgehead atoms. The molecule has 1 aromatic carbocycles. The second-order valence-corrected chi connectivity index (χ2v) is 8.36. The monoisotopic (exact) mass is 452 g/mol. The van der Waals surface area contributed by atoms with Crippen molar-refractivity contribution < 1.29 is 0 Å². The van der Waals surface area contributed by atoms with Gasteiger partial charge in [0.25, 0.3) is 0 Å². The summed E-state index contributed by atoms with van der Waals surface area (Å²) in [6.45, 7) is 3.30. The average Bonchev–Trinajstić information content (AvgIpc) is 3.49. The van der Waals surface area contributed by atoms with Crippen LogP contribution < -0.4 is 16.0 Å². The highest BCUT2D eigenvalue weighted by molar-refractivity contribution is 5.94. The van der Waals surface area contributed by atoms with E-state index in [-0.39, 0.29) is 5.96 Å². The topological polar surface area (TPSA) is 137 Å². The van der Waals surface area contributed by atoms with Gasteiger partial charge in [-0.3, -0.25) is 9.78 Å². The third-order valence-corrected chi connectivity index (χ3v) is 6.01. The Morgan fingerprint density at radius 2 is 2.12 bits per heavy atom. The quantitative estimate of drug-likeness (QED) is 0.302. The molecule has 1 fully saturated rings. The van der Waals surface area contributed by atoms with Crippen LogP contribution in [0.15, 0.2) is 72.4 Å². The number of aromatic nitrogens is 5. The van der Waals surface area contributed by atoms with Crippen molar-refractivity contribution in [2.75, 3.05) is 23.3 Å². The number of aliphatic imine (C=N–C) groups is 1. The lowest BCUT2D eigenvalue weighted by Gasteiger charge is -2.50. The van der Waals surface area contributed by atoms with Crippen LogP contribution in [0.4, 0.5) is 17.2 Å².